The highest BCUT2D eigenvalue weighted by Gasteiger charge is 2.25. The van der Waals surface area contributed by atoms with Gasteiger partial charge < -0.3 is 20.3 Å². The molecule has 1 aliphatic rings. The molecule has 8 nitrogen and oxygen atoms in total. The average Bonchev–Trinajstić information content (AvgIpc) is 2.78. The molecule has 0 radical (unpaired) electrons. The molecule has 2 aromatic carbocycles. The number of nitrogens with one attached hydrogen (secondary N) is 1. The van der Waals surface area contributed by atoms with E-state index >= 15 is 0 Å². The number of ether oxygens (including phenoxy) is 1. The van der Waals surface area contributed by atoms with Gasteiger partial charge in [-0.15, -0.1) is 0 Å². The smallest absolute Gasteiger partial charge is 0.410 e. The van der Waals surface area contributed by atoms with Gasteiger partial charge in [0, 0.05) is 37.4 Å². The number of Topliss-reactive ketones (excluding diaryl/α,β-unsaturated/α-hetero) is 1. The maximum atomic E-state index is 14.7. The Morgan fingerprint density at radius 1 is 1.19 bits per heavy atom. The molecule has 164 valence electrons. The monoisotopic (exact) mass is 428 g/mol. The van der Waals surface area contributed by atoms with Gasteiger partial charge in [-0.25, -0.2) is 9.18 Å². The van der Waals surface area contributed by atoms with Crippen LogP contribution in [0.5, 0.6) is 0 Å². The Balaban J connectivity index is 1.57. The second-order valence-corrected chi connectivity index (χ2v) is 7.34. The second-order valence-electron chi connectivity index (χ2n) is 7.34. The fourth-order valence-corrected chi connectivity index (χ4v) is 3.29. The van der Waals surface area contributed by atoms with Crippen LogP contribution in [0.15, 0.2) is 48.6 Å². The number of carbonyl (C=O) groups excluding carboxylic acids is 2. The third kappa shape index (κ3) is 5.13. The Morgan fingerprint density at radius 3 is 2.42 bits per heavy atom. The number of anilines is 3. The minimum absolute atomic E-state index is 0.0961. The number of amides is 1. The Labute approximate surface area is 179 Å². The third-order valence-electron chi connectivity index (χ3n) is 5.08. The molecule has 1 amide bonds. The molecule has 1 fully saturated rings. The standard InChI is InChI=1S/C22H25FN4O4/c1-14(2)21(28)17-11-18(23)20(12-19(17)24)26-7-9-27(10-8-26)22(29)31-13-15-3-5-16(25-30)6-4-15/h3-6,11-12,25,30H,1,7-10,13,24H2,2H3. The van der Waals surface area contributed by atoms with E-state index in [2.05, 4.69) is 6.58 Å². The van der Waals surface area contributed by atoms with Gasteiger partial charge in [-0.3, -0.25) is 15.5 Å². The van der Waals surface area contributed by atoms with Gasteiger partial charge in [0.05, 0.1) is 11.4 Å². The normalized spacial score (nSPS) is 13.6. The molecule has 2 aromatic rings. The zero-order chi connectivity index (χ0) is 22.5. The molecule has 3 rings (SSSR count). The van der Waals surface area contributed by atoms with Gasteiger partial charge in [0.15, 0.2) is 5.78 Å². The van der Waals surface area contributed by atoms with E-state index < -0.39 is 17.7 Å². The molecule has 1 aliphatic heterocycles. The van der Waals surface area contributed by atoms with Crippen LogP contribution >= 0.6 is 0 Å². The van der Waals surface area contributed by atoms with Crippen LogP contribution in [0.2, 0.25) is 0 Å². The molecule has 0 saturated carbocycles. The Kier molecular flexibility index (Phi) is 6.76. The summed E-state index contributed by atoms with van der Waals surface area (Å²) >= 11 is 0. The van der Waals surface area contributed by atoms with E-state index in [1.54, 1.807) is 41.0 Å². The van der Waals surface area contributed by atoms with Crippen LogP contribution in [0.4, 0.5) is 26.2 Å². The molecular weight excluding hydrogens is 403 g/mol. The van der Waals surface area contributed by atoms with E-state index in [0.29, 0.717) is 37.6 Å². The average molecular weight is 428 g/mol. The summed E-state index contributed by atoms with van der Waals surface area (Å²) in [6, 6.07) is 9.39. The lowest BCUT2D eigenvalue weighted by molar-refractivity contribution is 0.0941. The predicted octanol–water partition coefficient (Wildman–Crippen LogP) is 3.43. The fraction of sp³-hybridized carbons (Fsp3) is 0.273. The van der Waals surface area contributed by atoms with Gasteiger partial charge in [0.25, 0.3) is 0 Å². The third-order valence-corrected chi connectivity index (χ3v) is 5.08. The minimum Gasteiger partial charge on any atom is -0.445 e. The van der Waals surface area contributed by atoms with E-state index in [1.165, 1.54) is 6.07 Å². The number of nitrogen functional groups attached to an aromatic ring is 1. The van der Waals surface area contributed by atoms with Crippen LogP contribution in [0.3, 0.4) is 0 Å². The van der Waals surface area contributed by atoms with E-state index in [0.717, 1.165) is 11.6 Å². The summed E-state index contributed by atoms with van der Waals surface area (Å²) in [5.74, 6) is -0.937. The van der Waals surface area contributed by atoms with Gasteiger partial charge in [-0.05, 0) is 42.3 Å². The van der Waals surface area contributed by atoms with E-state index in [-0.39, 0.29) is 23.4 Å². The van der Waals surface area contributed by atoms with E-state index in [4.69, 9.17) is 15.7 Å². The van der Waals surface area contributed by atoms with Crippen molar-refractivity contribution in [3.05, 3.63) is 65.5 Å². The summed E-state index contributed by atoms with van der Waals surface area (Å²) in [6.07, 6.45) is -0.452. The van der Waals surface area contributed by atoms with Crippen molar-refractivity contribution < 1.29 is 23.9 Å². The summed E-state index contributed by atoms with van der Waals surface area (Å²) in [6.45, 7) is 6.75. The first-order valence-electron chi connectivity index (χ1n) is 9.75. The van der Waals surface area contributed by atoms with Crippen molar-refractivity contribution in [3.63, 3.8) is 0 Å². The SMILES string of the molecule is C=C(C)C(=O)c1cc(F)c(N2CCN(C(=O)OCc3ccc(NO)cc3)CC2)cc1N. The largest absolute Gasteiger partial charge is 0.445 e. The van der Waals surface area contributed by atoms with Crippen LogP contribution in [-0.4, -0.2) is 48.2 Å². The Hall–Kier alpha value is -3.59. The molecule has 4 N–H and O–H groups in total. The lowest BCUT2D eigenvalue weighted by Gasteiger charge is -2.35. The predicted molar refractivity (Wildman–Crippen MR) is 116 cm³/mol. The summed E-state index contributed by atoms with van der Waals surface area (Å²) in [7, 11) is 0. The first-order chi connectivity index (χ1) is 14.8. The highest BCUT2D eigenvalue weighted by Crippen LogP contribution is 2.28. The van der Waals surface area contributed by atoms with E-state index in [1.807, 2.05) is 5.48 Å². The molecule has 1 saturated heterocycles. The van der Waals surface area contributed by atoms with Crippen molar-refractivity contribution in [2.24, 2.45) is 0 Å². The lowest BCUT2D eigenvalue weighted by atomic mass is 10.0. The number of carbonyl (C=O) groups is 2. The quantitative estimate of drug-likeness (QED) is 0.280. The van der Waals surface area contributed by atoms with Gasteiger partial charge in [0.1, 0.15) is 12.4 Å². The molecule has 0 aliphatic carbocycles. The summed E-state index contributed by atoms with van der Waals surface area (Å²) in [4.78, 5) is 27.8. The first-order valence-corrected chi connectivity index (χ1v) is 9.75. The molecule has 0 atom stereocenters. The number of hydrogen-bond acceptors (Lipinski definition) is 7. The van der Waals surface area contributed by atoms with Crippen molar-refractivity contribution in [2.75, 3.05) is 42.3 Å². The summed E-state index contributed by atoms with van der Waals surface area (Å²) in [5, 5.41) is 8.82. The number of nitrogens with two attached hydrogens (primary N) is 1. The van der Waals surface area contributed by atoms with Crippen molar-refractivity contribution in [2.45, 2.75) is 13.5 Å². The summed E-state index contributed by atoms with van der Waals surface area (Å²) < 4.78 is 20.0. The molecule has 1 heterocycles. The minimum atomic E-state index is -0.546. The lowest BCUT2D eigenvalue weighted by Crippen LogP contribution is -2.49. The highest BCUT2D eigenvalue weighted by atomic mass is 19.1. The molecule has 0 aromatic heterocycles. The maximum absolute atomic E-state index is 14.7. The second kappa shape index (κ2) is 9.48. The Morgan fingerprint density at radius 2 is 1.84 bits per heavy atom. The van der Waals surface area contributed by atoms with Gasteiger partial charge in [0.2, 0.25) is 0 Å². The van der Waals surface area contributed by atoms with Crippen molar-refractivity contribution >= 4 is 28.9 Å². The molecule has 0 spiro atoms. The van der Waals surface area contributed by atoms with E-state index in [9.17, 15) is 14.0 Å². The number of ketones is 1. The van der Waals surface area contributed by atoms with Gasteiger partial charge in [-0.2, -0.15) is 0 Å². The molecule has 31 heavy (non-hydrogen) atoms. The van der Waals surface area contributed by atoms with Crippen molar-refractivity contribution in [3.8, 4) is 0 Å². The highest BCUT2D eigenvalue weighted by molar-refractivity contribution is 6.11. The number of halogens is 1. The van der Waals surface area contributed by atoms with Crippen molar-refractivity contribution in [1.29, 1.82) is 0 Å². The first kappa shape index (κ1) is 22.1. The number of nitrogens with zero attached hydrogens (tertiary/aromatic N) is 2. The van der Waals surface area contributed by atoms with Crippen LogP contribution in [0.1, 0.15) is 22.8 Å². The molecule has 0 bridgehead atoms. The van der Waals surface area contributed by atoms with Gasteiger partial charge in [-0.1, -0.05) is 18.7 Å². The maximum Gasteiger partial charge on any atom is 0.410 e. The molecular formula is C22H25FN4O4. The van der Waals surface area contributed by atoms with Crippen LogP contribution in [0, 0.1) is 5.82 Å². The number of piperazine rings is 1. The number of rotatable bonds is 6. The summed E-state index contributed by atoms with van der Waals surface area (Å²) in [5.41, 5.74) is 10.2. The molecule has 9 heteroatoms. The topological polar surface area (TPSA) is 108 Å². The number of benzene rings is 2. The molecule has 0 unspecified atom stereocenters. The number of allylic oxidation sites excluding steroid dienone is 1. The zero-order valence-electron chi connectivity index (χ0n) is 17.2. The zero-order valence-corrected chi connectivity index (χ0v) is 17.2. The fourth-order valence-electron chi connectivity index (χ4n) is 3.29. The number of hydrogen-bond donors (Lipinski definition) is 3. The van der Waals surface area contributed by atoms with Crippen LogP contribution in [-0.2, 0) is 11.3 Å². The van der Waals surface area contributed by atoms with Crippen molar-refractivity contribution in [1.82, 2.24) is 4.90 Å². The van der Waals surface area contributed by atoms with Gasteiger partial charge >= 0.3 is 6.09 Å². The Bertz CT molecular complexity index is 986. The van der Waals surface area contributed by atoms with Crippen LogP contribution in [0.25, 0.3) is 0 Å². The van der Waals surface area contributed by atoms with Crippen LogP contribution < -0.4 is 16.1 Å².